The van der Waals surface area contributed by atoms with E-state index in [1.165, 1.54) is 0 Å². The van der Waals surface area contributed by atoms with Gasteiger partial charge in [0.1, 0.15) is 6.10 Å². The largest absolute Gasteiger partial charge is 0.486 e. The molecule has 2 aromatic rings. The van der Waals surface area contributed by atoms with Gasteiger partial charge in [-0.1, -0.05) is 0 Å². The minimum absolute atomic E-state index is 0.000735. The van der Waals surface area contributed by atoms with Crippen LogP contribution in [0.1, 0.15) is 33.3 Å². The van der Waals surface area contributed by atoms with Crippen molar-refractivity contribution in [2.24, 2.45) is 0 Å². The smallest absolute Gasteiger partial charge is 0.417 e. The minimum Gasteiger partial charge on any atom is -0.486 e. The zero-order chi connectivity index (χ0) is 17.6. The predicted octanol–water partition coefficient (Wildman–Crippen LogP) is 4.62. The summed E-state index contributed by atoms with van der Waals surface area (Å²) in [6.07, 6.45) is -5.07. The van der Waals surface area contributed by atoms with Crippen molar-refractivity contribution in [2.45, 2.75) is 52.1 Å². The number of ether oxygens (including phenoxy) is 2. The molecule has 0 radical (unpaired) electrons. The number of fused-ring (bicyclic) bond motifs is 3. The van der Waals surface area contributed by atoms with E-state index in [2.05, 4.69) is 10.3 Å². The quantitative estimate of drug-likeness (QED) is 0.866. The lowest BCUT2D eigenvalue weighted by Gasteiger charge is -2.32. The molecule has 3 rings (SSSR count). The second-order valence-corrected chi connectivity index (χ2v) is 6.26. The minimum atomic E-state index is -4.54. The lowest BCUT2D eigenvalue weighted by atomic mass is 10.0. The number of alkyl halides is 3. The Hall–Kier alpha value is -2.18. The van der Waals surface area contributed by atoms with Gasteiger partial charge in [-0.2, -0.15) is 13.2 Å². The SMILES string of the molecule is CC(C)Oc1cc(C(F)(F)F)c2c3c(ccc2n1)NC(C)C(C)O3. The van der Waals surface area contributed by atoms with Crippen LogP contribution in [0.3, 0.4) is 0 Å². The van der Waals surface area contributed by atoms with E-state index in [0.717, 1.165) is 6.07 Å². The van der Waals surface area contributed by atoms with Crippen LogP contribution in [-0.4, -0.2) is 23.2 Å². The van der Waals surface area contributed by atoms with Gasteiger partial charge in [0.15, 0.2) is 5.75 Å². The average Bonchev–Trinajstić information content (AvgIpc) is 2.46. The van der Waals surface area contributed by atoms with Crippen molar-refractivity contribution < 1.29 is 22.6 Å². The number of aromatic nitrogens is 1. The molecule has 2 heterocycles. The number of hydrogen-bond acceptors (Lipinski definition) is 4. The Labute approximate surface area is 138 Å². The summed E-state index contributed by atoms with van der Waals surface area (Å²) in [6, 6.07) is 4.18. The summed E-state index contributed by atoms with van der Waals surface area (Å²) in [5.74, 6) is 0.143. The fourth-order valence-electron chi connectivity index (χ4n) is 2.68. The molecule has 1 aromatic carbocycles. The summed E-state index contributed by atoms with van der Waals surface area (Å²) in [4.78, 5) is 4.21. The molecule has 0 saturated carbocycles. The van der Waals surface area contributed by atoms with Crippen molar-refractivity contribution in [3.63, 3.8) is 0 Å². The first-order valence-corrected chi connectivity index (χ1v) is 7.81. The Kier molecular flexibility index (Phi) is 3.97. The fraction of sp³-hybridized carbons (Fsp3) is 0.471. The first-order valence-electron chi connectivity index (χ1n) is 7.81. The number of hydrogen-bond donors (Lipinski definition) is 1. The molecule has 2 atom stereocenters. The summed E-state index contributed by atoms with van der Waals surface area (Å²) < 4.78 is 52.0. The van der Waals surface area contributed by atoms with Gasteiger partial charge in [-0.3, -0.25) is 0 Å². The summed E-state index contributed by atoms with van der Waals surface area (Å²) in [5.41, 5.74) is -0.0655. The zero-order valence-corrected chi connectivity index (χ0v) is 13.9. The maximum absolute atomic E-state index is 13.6. The van der Waals surface area contributed by atoms with Crippen LogP contribution in [0.2, 0.25) is 0 Å². The molecule has 2 unspecified atom stereocenters. The second-order valence-electron chi connectivity index (χ2n) is 6.26. The standard InChI is InChI=1S/C17H19F3N2O2/c1-8(2)23-14-7-11(17(18,19)20)15-12(22-14)5-6-13-16(15)24-10(4)9(3)21-13/h5-10,21H,1-4H3. The number of rotatable bonds is 2. The molecule has 1 aromatic heterocycles. The van der Waals surface area contributed by atoms with Crippen LogP contribution in [0, 0.1) is 0 Å². The van der Waals surface area contributed by atoms with E-state index in [9.17, 15) is 13.2 Å². The molecule has 0 bridgehead atoms. The molecule has 0 saturated heterocycles. The van der Waals surface area contributed by atoms with Crippen LogP contribution in [0.15, 0.2) is 18.2 Å². The molecule has 1 aliphatic heterocycles. The highest BCUT2D eigenvalue weighted by atomic mass is 19.4. The second kappa shape index (κ2) is 5.72. The van der Waals surface area contributed by atoms with Gasteiger partial charge in [0.2, 0.25) is 5.88 Å². The molecular weight excluding hydrogens is 321 g/mol. The Bertz CT molecular complexity index is 775. The molecule has 1 aliphatic rings. The summed E-state index contributed by atoms with van der Waals surface area (Å²) in [7, 11) is 0. The molecular formula is C17H19F3N2O2. The number of pyridine rings is 1. The lowest BCUT2D eigenvalue weighted by molar-refractivity contribution is -0.136. The third-order valence-corrected chi connectivity index (χ3v) is 3.96. The van der Waals surface area contributed by atoms with Gasteiger partial charge in [-0.25, -0.2) is 4.98 Å². The molecule has 24 heavy (non-hydrogen) atoms. The summed E-state index contributed by atoms with van der Waals surface area (Å²) >= 11 is 0. The molecule has 0 spiro atoms. The Morgan fingerprint density at radius 2 is 1.96 bits per heavy atom. The topological polar surface area (TPSA) is 43.4 Å². The Balaban J connectivity index is 2.27. The summed E-state index contributed by atoms with van der Waals surface area (Å²) in [6.45, 7) is 7.21. The molecule has 130 valence electrons. The van der Waals surface area contributed by atoms with E-state index < -0.39 is 11.7 Å². The Morgan fingerprint density at radius 1 is 1.25 bits per heavy atom. The van der Waals surface area contributed by atoms with Crippen LogP contribution in [0.5, 0.6) is 11.6 Å². The van der Waals surface area contributed by atoms with Crippen LogP contribution < -0.4 is 14.8 Å². The van der Waals surface area contributed by atoms with Crippen LogP contribution >= 0.6 is 0 Å². The highest BCUT2D eigenvalue weighted by Gasteiger charge is 2.37. The van der Waals surface area contributed by atoms with Gasteiger partial charge in [-0.05, 0) is 39.8 Å². The lowest BCUT2D eigenvalue weighted by Crippen LogP contribution is -2.37. The first kappa shape index (κ1) is 16.7. The van der Waals surface area contributed by atoms with Gasteiger partial charge in [0.05, 0.1) is 34.3 Å². The monoisotopic (exact) mass is 340 g/mol. The molecule has 1 N–H and O–H groups in total. The van der Waals surface area contributed by atoms with E-state index in [1.54, 1.807) is 26.0 Å². The number of halogens is 3. The third-order valence-electron chi connectivity index (χ3n) is 3.96. The van der Waals surface area contributed by atoms with E-state index in [4.69, 9.17) is 9.47 Å². The zero-order valence-electron chi connectivity index (χ0n) is 13.9. The highest BCUT2D eigenvalue weighted by molar-refractivity contribution is 5.95. The molecule has 4 nitrogen and oxygen atoms in total. The number of nitrogens with one attached hydrogen (secondary N) is 1. The molecule has 0 aliphatic carbocycles. The van der Waals surface area contributed by atoms with Crippen LogP contribution in [-0.2, 0) is 6.18 Å². The number of nitrogens with zero attached hydrogens (tertiary/aromatic N) is 1. The van der Waals surface area contributed by atoms with E-state index in [1.807, 2.05) is 13.8 Å². The van der Waals surface area contributed by atoms with Crippen molar-refractivity contribution in [3.05, 3.63) is 23.8 Å². The van der Waals surface area contributed by atoms with Gasteiger partial charge in [0.25, 0.3) is 0 Å². The van der Waals surface area contributed by atoms with E-state index in [-0.39, 0.29) is 40.8 Å². The van der Waals surface area contributed by atoms with Crippen LogP contribution in [0.25, 0.3) is 10.9 Å². The summed E-state index contributed by atoms with van der Waals surface area (Å²) in [5, 5.41) is 3.14. The normalized spacial score (nSPS) is 20.5. The van der Waals surface area contributed by atoms with Crippen molar-refractivity contribution in [1.82, 2.24) is 4.98 Å². The van der Waals surface area contributed by atoms with Gasteiger partial charge in [-0.15, -0.1) is 0 Å². The Morgan fingerprint density at radius 3 is 2.58 bits per heavy atom. The molecule has 0 amide bonds. The third kappa shape index (κ3) is 2.95. The predicted molar refractivity (Wildman–Crippen MR) is 85.7 cm³/mol. The van der Waals surface area contributed by atoms with Crippen molar-refractivity contribution in [2.75, 3.05) is 5.32 Å². The first-order chi connectivity index (χ1) is 11.2. The van der Waals surface area contributed by atoms with E-state index >= 15 is 0 Å². The maximum atomic E-state index is 13.6. The number of benzene rings is 1. The van der Waals surface area contributed by atoms with Crippen molar-refractivity contribution in [1.29, 1.82) is 0 Å². The van der Waals surface area contributed by atoms with E-state index in [0.29, 0.717) is 5.69 Å². The van der Waals surface area contributed by atoms with Gasteiger partial charge < -0.3 is 14.8 Å². The highest BCUT2D eigenvalue weighted by Crippen LogP contribution is 2.45. The average molecular weight is 340 g/mol. The number of anilines is 1. The van der Waals surface area contributed by atoms with Crippen molar-refractivity contribution in [3.8, 4) is 11.6 Å². The van der Waals surface area contributed by atoms with Gasteiger partial charge >= 0.3 is 6.18 Å². The van der Waals surface area contributed by atoms with Crippen molar-refractivity contribution >= 4 is 16.6 Å². The van der Waals surface area contributed by atoms with Gasteiger partial charge in [0, 0.05) is 6.07 Å². The maximum Gasteiger partial charge on any atom is 0.417 e. The fourth-order valence-corrected chi connectivity index (χ4v) is 2.68. The molecule has 0 fully saturated rings. The van der Waals surface area contributed by atoms with Crippen LogP contribution in [0.4, 0.5) is 18.9 Å². The molecule has 7 heteroatoms.